The summed E-state index contributed by atoms with van der Waals surface area (Å²) in [6, 6.07) is 10.4. The quantitative estimate of drug-likeness (QED) is 0.768. The van der Waals surface area contributed by atoms with Crippen molar-refractivity contribution in [1.82, 2.24) is 0 Å². The van der Waals surface area contributed by atoms with Gasteiger partial charge < -0.3 is 16.0 Å². The Morgan fingerprint density at radius 2 is 1.75 bits per heavy atom. The van der Waals surface area contributed by atoms with Gasteiger partial charge in [-0.3, -0.25) is 4.79 Å². The smallest absolute Gasteiger partial charge is 0.257 e. The van der Waals surface area contributed by atoms with Crippen LogP contribution in [0.5, 0.6) is 0 Å². The van der Waals surface area contributed by atoms with Crippen LogP contribution in [-0.4, -0.2) is 19.0 Å². The van der Waals surface area contributed by atoms with E-state index in [1.165, 1.54) is 6.42 Å². The fourth-order valence-electron chi connectivity index (χ4n) is 2.92. The summed E-state index contributed by atoms with van der Waals surface area (Å²) in [6.45, 7) is 1.92. The number of nitrogens with two attached hydrogens (primary N) is 1. The predicted molar refractivity (Wildman–Crippen MR) is 101 cm³/mol. The number of amides is 1. The van der Waals surface area contributed by atoms with Crippen LogP contribution in [0.4, 0.5) is 17.1 Å². The van der Waals surface area contributed by atoms with Gasteiger partial charge in [0.2, 0.25) is 0 Å². The molecule has 1 saturated heterocycles. The summed E-state index contributed by atoms with van der Waals surface area (Å²) in [5.74, 6) is -0.295. The van der Waals surface area contributed by atoms with E-state index < -0.39 is 0 Å². The van der Waals surface area contributed by atoms with Gasteiger partial charge in [0.05, 0.1) is 32.7 Å². The molecule has 24 heavy (non-hydrogen) atoms. The zero-order chi connectivity index (χ0) is 17.1. The Morgan fingerprint density at radius 3 is 2.46 bits per heavy atom. The number of benzene rings is 2. The van der Waals surface area contributed by atoms with E-state index in [-0.39, 0.29) is 5.91 Å². The molecule has 1 amide bonds. The second-order valence-corrected chi connectivity index (χ2v) is 6.69. The molecular formula is C18H19Cl2N3O. The maximum absolute atomic E-state index is 12.5. The normalized spacial score (nSPS) is 14.5. The number of nitrogens with one attached hydrogen (secondary N) is 1. The summed E-state index contributed by atoms with van der Waals surface area (Å²) < 4.78 is 0. The Kier molecular flexibility index (Phi) is 5.17. The lowest BCUT2D eigenvalue weighted by Crippen LogP contribution is -2.30. The average Bonchev–Trinajstić information content (AvgIpc) is 2.58. The van der Waals surface area contributed by atoms with Crippen molar-refractivity contribution >= 4 is 46.2 Å². The minimum absolute atomic E-state index is 0.295. The highest BCUT2D eigenvalue weighted by Gasteiger charge is 2.18. The fraction of sp³-hybridized carbons (Fsp3) is 0.278. The van der Waals surface area contributed by atoms with Crippen molar-refractivity contribution in [3.63, 3.8) is 0 Å². The van der Waals surface area contributed by atoms with E-state index in [2.05, 4.69) is 10.2 Å². The van der Waals surface area contributed by atoms with E-state index in [4.69, 9.17) is 28.9 Å². The summed E-state index contributed by atoms with van der Waals surface area (Å²) in [5.41, 5.74) is 8.61. The molecule has 3 N–H and O–H groups in total. The summed E-state index contributed by atoms with van der Waals surface area (Å²) in [4.78, 5) is 14.7. The second kappa shape index (κ2) is 7.32. The molecule has 1 fully saturated rings. The maximum Gasteiger partial charge on any atom is 0.257 e. The Bertz CT molecular complexity index is 758. The third-order valence-corrected chi connectivity index (χ3v) is 4.82. The Labute approximate surface area is 151 Å². The molecule has 126 valence electrons. The van der Waals surface area contributed by atoms with E-state index >= 15 is 0 Å². The number of hydrogen-bond donors (Lipinski definition) is 2. The molecule has 0 aromatic heterocycles. The monoisotopic (exact) mass is 363 g/mol. The Morgan fingerprint density at radius 1 is 1.04 bits per heavy atom. The molecule has 1 aliphatic heterocycles. The van der Waals surface area contributed by atoms with Crippen molar-refractivity contribution in [2.75, 3.05) is 29.0 Å². The fourth-order valence-corrected chi connectivity index (χ4v) is 3.36. The van der Waals surface area contributed by atoms with Gasteiger partial charge in [-0.1, -0.05) is 35.3 Å². The minimum atomic E-state index is -0.295. The van der Waals surface area contributed by atoms with Crippen molar-refractivity contribution in [2.45, 2.75) is 19.3 Å². The largest absolute Gasteiger partial charge is 0.397 e. The highest BCUT2D eigenvalue weighted by molar-refractivity contribution is 6.36. The van der Waals surface area contributed by atoms with Gasteiger partial charge >= 0.3 is 0 Å². The average molecular weight is 364 g/mol. The van der Waals surface area contributed by atoms with Crippen LogP contribution < -0.4 is 16.0 Å². The lowest BCUT2D eigenvalue weighted by molar-refractivity contribution is 0.102. The number of nitrogen functional groups attached to an aromatic ring is 1. The summed E-state index contributed by atoms with van der Waals surface area (Å²) in [5, 5.41) is 3.65. The third-order valence-electron chi connectivity index (χ3n) is 4.18. The molecule has 4 nitrogen and oxygen atoms in total. The van der Waals surface area contributed by atoms with Gasteiger partial charge in [-0.15, -0.1) is 0 Å². The van der Waals surface area contributed by atoms with Crippen molar-refractivity contribution in [3.8, 4) is 0 Å². The molecule has 0 bridgehead atoms. The maximum atomic E-state index is 12.5. The molecule has 1 aliphatic rings. The first kappa shape index (κ1) is 16.9. The first-order valence-corrected chi connectivity index (χ1v) is 8.71. The van der Waals surface area contributed by atoms with Crippen molar-refractivity contribution in [1.29, 1.82) is 0 Å². The number of carbonyl (C=O) groups is 1. The van der Waals surface area contributed by atoms with Gasteiger partial charge in [-0.05, 0) is 43.5 Å². The number of anilines is 3. The van der Waals surface area contributed by atoms with Gasteiger partial charge in [-0.25, -0.2) is 0 Å². The first-order valence-electron chi connectivity index (χ1n) is 7.96. The van der Waals surface area contributed by atoms with Gasteiger partial charge in [0.25, 0.3) is 5.91 Å². The minimum Gasteiger partial charge on any atom is -0.397 e. The van der Waals surface area contributed by atoms with Crippen LogP contribution in [0.1, 0.15) is 29.6 Å². The predicted octanol–water partition coefficient (Wildman–Crippen LogP) is 4.82. The van der Waals surface area contributed by atoms with Crippen molar-refractivity contribution < 1.29 is 4.79 Å². The van der Waals surface area contributed by atoms with E-state index in [1.807, 2.05) is 6.07 Å². The van der Waals surface area contributed by atoms with Crippen molar-refractivity contribution in [3.05, 3.63) is 52.0 Å². The molecule has 0 spiro atoms. The number of rotatable bonds is 3. The highest BCUT2D eigenvalue weighted by atomic mass is 35.5. The Balaban J connectivity index is 1.87. The number of hydrogen-bond acceptors (Lipinski definition) is 3. The number of carbonyl (C=O) groups excluding carboxylic acids is 1. The summed E-state index contributed by atoms with van der Waals surface area (Å²) in [6.07, 6.45) is 3.52. The molecular weight excluding hydrogens is 345 g/mol. The summed E-state index contributed by atoms with van der Waals surface area (Å²) in [7, 11) is 0. The lowest BCUT2D eigenvalue weighted by Gasteiger charge is -2.30. The topological polar surface area (TPSA) is 58.4 Å². The number of piperidine rings is 1. The number of halogens is 2. The molecule has 0 radical (unpaired) electrons. The molecule has 0 atom stereocenters. The molecule has 2 aromatic carbocycles. The highest BCUT2D eigenvalue weighted by Crippen LogP contribution is 2.35. The van der Waals surface area contributed by atoms with Crippen LogP contribution >= 0.6 is 23.2 Å². The van der Waals surface area contributed by atoms with Crippen LogP contribution in [-0.2, 0) is 0 Å². The van der Waals surface area contributed by atoms with Gasteiger partial charge in [0, 0.05) is 13.1 Å². The summed E-state index contributed by atoms with van der Waals surface area (Å²) >= 11 is 12.3. The molecule has 6 heteroatoms. The standard InChI is InChI=1S/C18H19Cl2N3O/c19-13-7-3-2-6-12(13)18(24)22-16-11-17(15(21)10-14(16)20)23-8-4-1-5-9-23/h2-3,6-7,10-11H,1,4-5,8-9,21H2,(H,22,24). The van der Waals surface area contributed by atoms with E-state index in [1.54, 1.807) is 30.3 Å². The molecule has 3 rings (SSSR count). The molecule has 2 aromatic rings. The molecule has 0 saturated carbocycles. The van der Waals surface area contributed by atoms with Crippen LogP contribution in [0.2, 0.25) is 10.0 Å². The Hall–Kier alpha value is -1.91. The second-order valence-electron chi connectivity index (χ2n) is 5.87. The van der Waals surface area contributed by atoms with E-state index in [0.717, 1.165) is 31.6 Å². The van der Waals surface area contributed by atoms with Gasteiger partial charge in [0.1, 0.15) is 0 Å². The molecule has 0 unspecified atom stereocenters. The van der Waals surface area contributed by atoms with Crippen LogP contribution in [0.25, 0.3) is 0 Å². The molecule has 0 aliphatic carbocycles. The zero-order valence-corrected chi connectivity index (χ0v) is 14.7. The van der Waals surface area contributed by atoms with Gasteiger partial charge in [-0.2, -0.15) is 0 Å². The van der Waals surface area contributed by atoms with Crippen LogP contribution in [0, 0.1) is 0 Å². The van der Waals surface area contributed by atoms with E-state index in [9.17, 15) is 4.79 Å². The molecule has 1 heterocycles. The van der Waals surface area contributed by atoms with Crippen LogP contribution in [0.3, 0.4) is 0 Å². The first-order chi connectivity index (χ1) is 11.6. The van der Waals surface area contributed by atoms with Crippen molar-refractivity contribution in [2.24, 2.45) is 0 Å². The van der Waals surface area contributed by atoms with Crippen LogP contribution in [0.15, 0.2) is 36.4 Å². The third kappa shape index (κ3) is 3.60. The van der Waals surface area contributed by atoms with E-state index in [0.29, 0.717) is 27.0 Å². The lowest BCUT2D eigenvalue weighted by atomic mass is 10.1. The SMILES string of the molecule is Nc1cc(Cl)c(NC(=O)c2ccccc2Cl)cc1N1CCCCC1. The zero-order valence-electron chi connectivity index (χ0n) is 13.2. The van der Waals surface area contributed by atoms with Gasteiger partial charge in [0.15, 0.2) is 0 Å². The number of nitrogens with zero attached hydrogens (tertiary/aromatic N) is 1.